The summed E-state index contributed by atoms with van der Waals surface area (Å²) in [5.41, 5.74) is 1.33. The number of nitrogens with one attached hydrogen (secondary N) is 1. The van der Waals surface area contributed by atoms with Gasteiger partial charge in [0.05, 0.1) is 16.1 Å². The van der Waals surface area contributed by atoms with Gasteiger partial charge in [0.2, 0.25) is 0 Å². The lowest BCUT2D eigenvalue weighted by atomic mass is 10.1. The molecule has 5 nitrogen and oxygen atoms in total. The van der Waals surface area contributed by atoms with E-state index in [0.717, 1.165) is 12.1 Å². The predicted octanol–water partition coefficient (Wildman–Crippen LogP) is 3.25. The number of benzene rings is 2. The average molecular weight is 337 g/mol. The zero-order chi connectivity index (χ0) is 17.4. The summed E-state index contributed by atoms with van der Waals surface area (Å²) in [4.78, 5) is 11.0. The number of carboxylic acid groups (broad SMARTS) is 1. The molecule has 0 bridgehead atoms. The first-order chi connectivity index (χ1) is 10.6. The molecule has 0 aliphatic rings. The van der Waals surface area contributed by atoms with Crippen LogP contribution in [-0.2, 0) is 10.0 Å². The Balaban J connectivity index is 2.51. The van der Waals surface area contributed by atoms with E-state index in [-0.39, 0.29) is 16.1 Å². The Morgan fingerprint density at radius 3 is 2.30 bits per heavy atom. The Kier molecular flexibility index (Phi) is 4.42. The van der Waals surface area contributed by atoms with Gasteiger partial charge < -0.3 is 5.11 Å². The molecule has 0 heterocycles. The van der Waals surface area contributed by atoms with Gasteiger partial charge in [0.25, 0.3) is 10.0 Å². The first-order valence-electron chi connectivity index (χ1n) is 6.75. The second kappa shape index (κ2) is 6.00. The lowest BCUT2D eigenvalue weighted by molar-refractivity contribution is 0.0696. The minimum Gasteiger partial charge on any atom is -0.478 e. The number of aromatic carboxylic acids is 1. The minimum absolute atomic E-state index is 0.0749. The Morgan fingerprint density at radius 1 is 1.09 bits per heavy atom. The largest absolute Gasteiger partial charge is 0.478 e. The van der Waals surface area contributed by atoms with Crippen LogP contribution in [0.3, 0.4) is 0 Å². The van der Waals surface area contributed by atoms with Crippen molar-refractivity contribution in [2.45, 2.75) is 25.7 Å². The van der Waals surface area contributed by atoms with Crippen molar-refractivity contribution in [3.05, 3.63) is 58.4 Å². The van der Waals surface area contributed by atoms with Gasteiger partial charge >= 0.3 is 5.97 Å². The van der Waals surface area contributed by atoms with Crippen LogP contribution in [0.4, 0.5) is 10.1 Å². The molecule has 0 saturated carbocycles. The van der Waals surface area contributed by atoms with Crippen LogP contribution in [0.5, 0.6) is 0 Å². The van der Waals surface area contributed by atoms with E-state index in [1.165, 1.54) is 18.2 Å². The molecule has 0 aliphatic heterocycles. The van der Waals surface area contributed by atoms with Crippen LogP contribution in [-0.4, -0.2) is 19.5 Å². The normalized spacial score (nSPS) is 11.3. The molecule has 0 fully saturated rings. The molecule has 2 N–H and O–H groups in total. The van der Waals surface area contributed by atoms with E-state index >= 15 is 0 Å². The fourth-order valence-corrected chi connectivity index (χ4v) is 3.49. The smallest absolute Gasteiger partial charge is 0.335 e. The number of carbonyl (C=O) groups is 1. The van der Waals surface area contributed by atoms with E-state index in [4.69, 9.17) is 5.11 Å². The van der Waals surface area contributed by atoms with Crippen LogP contribution < -0.4 is 4.72 Å². The highest BCUT2D eigenvalue weighted by molar-refractivity contribution is 7.92. The molecule has 0 amide bonds. The predicted molar refractivity (Wildman–Crippen MR) is 84.8 cm³/mol. The van der Waals surface area contributed by atoms with Gasteiger partial charge in [0.1, 0.15) is 5.82 Å². The third-order valence-electron chi connectivity index (χ3n) is 3.58. The van der Waals surface area contributed by atoms with Crippen molar-refractivity contribution in [3.8, 4) is 0 Å². The molecule has 23 heavy (non-hydrogen) atoms. The maximum Gasteiger partial charge on any atom is 0.335 e. The molecule has 2 aromatic rings. The second-order valence-electron chi connectivity index (χ2n) is 5.29. The summed E-state index contributed by atoms with van der Waals surface area (Å²) >= 11 is 0. The Morgan fingerprint density at radius 2 is 1.74 bits per heavy atom. The van der Waals surface area contributed by atoms with E-state index in [1.54, 1.807) is 20.8 Å². The van der Waals surface area contributed by atoms with Crippen LogP contribution in [0.2, 0.25) is 0 Å². The standard InChI is InChI=1S/C16H16FNO4S/c1-9-4-5-13(8-14(9)17)18-23(21,22)15-7-12(16(19)20)6-10(2)11(15)3/h4-8,18H,1-3H3,(H,19,20). The molecule has 122 valence electrons. The highest BCUT2D eigenvalue weighted by Gasteiger charge is 2.21. The summed E-state index contributed by atoms with van der Waals surface area (Å²) in [6.45, 7) is 4.79. The second-order valence-corrected chi connectivity index (χ2v) is 6.94. The van der Waals surface area contributed by atoms with Crippen LogP contribution in [0.25, 0.3) is 0 Å². The minimum atomic E-state index is -4.03. The SMILES string of the molecule is Cc1ccc(NS(=O)(=O)c2cc(C(=O)O)cc(C)c2C)cc1F. The van der Waals surface area contributed by atoms with E-state index in [9.17, 15) is 17.6 Å². The van der Waals surface area contributed by atoms with Crippen LogP contribution >= 0.6 is 0 Å². The molecular weight excluding hydrogens is 321 g/mol. The number of sulfonamides is 1. The van der Waals surface area contributed by atoms with Crippen molar-refractivity contribution in [3.63, 3.8) is 0 Å². The Bertz CT molecular complexity index is 891. The molecule has 0 saturated heterocycles. The highest BCUT2D eigenvalue weighted by Crippen LogP contribution is 2.24. The van der Waals surface area contributed by atoms with Crippen molar-refractivity contribution in [2.24, 2.45) is 0 Å². The molecule has 0 aromatic heterocycles. The van der Waals surface area contributed by atoms with Crippen molar-refractivity contribution in [2.75, 3.05) is 4.72 Å². The number of aryl methyl sites for hydroxylation is 2. The Labute approximate surface area is 133 Å². The summed E-state index contributed by atoms with van der Waals surface area (Å²) in [5.74, 6) is -1.75. The van der Waals surface area contributed by atoms with Crippen LogP contribution in [0, 0.1) is 26.6 Å². The third-order valence-corrected chi connectivity index (χ3v) is 5.09. The number of halogens is 1. The molecular formula is C16H16FNO4S. The fourth-order valence-electron chi connectivity index (χ4n) is 2.10. The summed E-state index contributed by atoms with van der Waals surface area (Å²) < 4.78 is 40.9. The molecule has 0 radical (unpaired) electrons. The van der Waals surface area contributed by atoms with Gasteiger partial charge in [-0.15, -0.1) is 0 Å². The highest BCUT2D eigenvalue weighted by atomic mass is 32.2. The first kappa shape index (κ1) is 17.0. The summed E-state index contributed by atoms with van der Waals surface area (Å²) in [5, 5.41) is 9.08. The van der Waals surface area contributed by atoms with Crippen molar-refractivity contribution >= 4 is 21.7 Å². The van der Waals surface area contributed by atoms with Crippen molar-refractivity contribution in [1.82, 2.24) is 0 Å². The van der Waals surface area contributed by atoms with E-state index < -0.39 is 21.8 Å². The van der Waals surface area contributed by atoms with Crippen molar-refractivity contribution < 1.29 is 22.7 Å². The molecule has 0 spiro atoms. The Hall–Kier alpha value is -2.41. The molecule has 0 atom stereocenters. The molecule has 0 aliphatic carbocycles. The summed E-state index contributed by atoms with van der Waals surface area (Å²) in [7, 11) is -4.03. The monoisotopic (exact) mass is 337 g/mol. The van der Waals surface area contributed by atoms with Crippen molar-refractivity contribution in [1.29, 1.82) is 0 Å². The first-order valence-corrected chi connectivity index (χ1v) is 8.23. The zero-order valence-electron chi connectivity index (χ0n) is 12.8. The number of rotatable bonds is 4. The number of hydrogen-bond donors (Lipinski definition) is 2. The third kappa shape index (κ3) is 3.50. The number of anilines is 1. The lowest BCUT2D eigenvalue weighted by Crippen LogP contribution is -2.16. The number of carboxylic acids is 1. The zero-order valence-corrected chi connectivity index (χ0v) is 13.7. The van der Waals surface area contributed by atoms with Crippen LogP contribution in [0.1, 0.15) is 27.0 Å². The van der Waals surface area contributed by atoms with Gasteiger partial charge in [-0.2, -0.15) is 0 Å². The summed E-state index contributed by atoms with van der Waals surface area (Å²) in [6, 6.07) is 6.48. The quantitative estimate of drug-likeness (QED) is 0.897. The van der Waals surface area contributed by atoms with E-state index in [0.29, 0.717) is 16.7 Å². The maximum absolute atomic E-state index is 13.6. The molecule has 2 aromatic carbocycles. The average Bonchev–Trinajstić information content (AvgIpc) is 2.45. The maximum atomic E-state index is 13.6. The lowest BCUT2D eigenvalue weighted by Gasteiger charge is -2.13. The van der Waals surface area contributed by atoms with E-state index in [2.05, 4.69) is 4.72 Å². The van der Waals surface area contributed by atoms with Gasteiger partial charge in [-0.1, -0.05) is 6.07 Å². The van der Waals surface area contributed by atoms with E-state index in [1.807, 2.05) is 0 Å². The molecule has 2 rings (SSSR count). The summed E-state index contributed by atoms with van der Waals surface area (Å²) in [6.07, 6.45) is 0. The van der Waals surface area contributed by atoms with Gasteiger partial charge in [0.15, 0.2) is 0 Å². The van der Waals surface area contributed by atoms with Gasteiger partial charge in [-0.05, 0) is 61.7 Å². The van der Waals surface area contributed by atoms with Gasteiger partial charge in [-0.3, -0.25) is 4.72 Å². The fraction of sp³-hybridized carbons (Fsp3) is 0.188. The molecule has 0 unspecified atom stereocenters. The topological polar surface area (TPSA) is 83.5 Å². The molecule has 7 heteroatoms. The number of hydrogen-bond acceptors (Lipinski definition) is 3. The van der Waals surface area contributed by atoms with Crippen LogP contribution in [0.15, 0.2) is 35.2 Å². The van der Waals surface area contributed by atoms with Gasteiger partial charge in [-0.25, -0.2) is 17.6 Å². The van der Waals surface area contributed by atoms with Gasteiger partial charge in [0, 0.05) is 0 Å².